The second kappa shape index (κ2) is 15.4. The molecule has 0 aliphatic carbocycles. The first kappa shape index (κ1) is 27.6. The van der Waals surface area contributed by atoms with Crippen LogP contribution in [0.4, 0.5) is 0 Å². The van der Waals surface area contributed by atoms with Gasteiger partial charge in [-0.2, -0.15) is 0 Å². The summed E-state index contributed by atoms with van der Waals surface area (Å²) in [6, 6.07) is 0. The minimum absolute atomic E-state index is 0.0162. The third-order valence-corrected chi connectivity index (χ3v) is 3.91. The van der Waals surface area contributed by atoms with Gasteiger partial charge in [0.25, 0.3) is 0 Å². The molecule has 0 aliphatic heterocycles. The number of carbonyl (C=O) groups excluding carboxylic acids is 2. The van der Waals surface area contributed by atoms with Crippen LogP contribution < -0.4 is 0 Å². The summed E-state index contributed by atoms with van der Waals surface area (Å²) < 4.78 is 9.63. The maximum absolute atomic E-state index is 11.5. The highest BCUT2D eigenvalue weighted by Gasteiger charge is 2.30. The van der Waals surface area contributed by atoms with Gasteiger partial charge in [-0.1, -0.05) is 25.5 Å². The van der Waals surface area contributed by atoms with Crippen molar-refractivity contribution in [3.63, 3.8) is 0 Å². The molecular weight excluding hydrogens is 368 g/mol. The van der Waals surface area contributed by atoms with E-state index in [9.17, 15) is 19.2 Å². The maximum atomic E-state index is 11.5. The maximum Gasteiger partial charge on any atom is 0.332 e. The van der Waals surface area contributed by atoms with Crippen LogP contribution in [0.25, 0.3) is 0 Å². The highest BCUT2D eigenvalue weighted by atomic mass is 16.6. The molecule has 0 amide bonds. The zero-order chi connectivity index (χ0) is 22.3. The molecule has 0 bridgehead atoms. The fourth-order valence-electron chi connectivity index (χ4n) is 2.30. The summed E-state index contributed by atoms with van der Waals surface area (Å²) in [4.78, 5) is 44.0. The van der Waals surface area contributed by atoms with Gasteiger partial charge in [0.1, 0.15) is 0 Å². The molecule has 0 aromatic heterocycles. The highest BCUT2D eigenvalue weighted by molar-refractivity contribution is 5.98. The van der Waals surface area contributed by atoms with E-state index in [1.807, 2.05) is 13.8 Å². The number of hydrogen-bond acceptors (Lipinski definition) is 6. The molecule has 0 spiro atoms. The van der Waals surface area contributed by atoms with Crippen molar-refractivity contribution >= 4 is 23.9 Å². The molecule has 0 rings (SSSR count). The van der Waals surface area contributed by atoms with E-state index >= 15 is 0 Å². The normalized spacial score (nSPS) is 11.6. The van der Waals surface area contributed by atoms with Gasteiger partial charge in [-0.25, -0.2) is 9.59 Å². The Morgan fingerprint density at radius 2 is 1.32 bits per heavy atom. The molecule has 0 saturated carbocycles. The van der Waals surface area contributed by atoms with Crippen LogP contribution in [0, 0.1) is 11.8 Å². The summed E-state index contributed by atoms with van der Waals surface area (Å²) in [5.41, 5.74) is 0.629. The Morgan fingerprint density at radius 3 is 1.57 bits per heavy atom. The average Bonchev–Trinajstić information content (AvgIpc) is 2.62. The quantitative estimate of drug-likeness (QED) is 0.248. The van der Waals surface area contributed by atoms with Crippen LogP contribution in [-0.4, -0.2) is 47.3 Å². The standard InChI is InChI=1S/C11H18O4.C9H14O4/c1-5-8(4)9(10(12)14-6-2)11(13)15-7-3;1-3-6(4-2)7(9(12)13)5-8(10)11/h5,9H,6-7H2,1-4H3;5-6H,3-4H2,1-2H3,(H,10,11)(H,12,13)/b8-5-;7-5-. The van der Waals surface area contributed by atoms with E-state index in [0.29, 0.717) is 18.4 Å². The van der Waals surface area contributed by atoms with Gasteiger partial charge < -0.3 is 19.7 Å². The number of carbonyl (C=O) groups is 4. The zero-order valence-electron chi connectivity index (χ0n) is 17.5. The number of aliphatic carboxylic acids is 2. The number of rotatable bonds is 10. The predicted octanol–water partition coefficient (Wildman–Crippen LogP) is 3.21. The Labute approximate surface area is 166 Å². The van der Waals surface area contributed by atoms with E-state index in [2.05, 4.69) is 0 Å². The Bertz CT molecular complexity index is 567. The summed E-state index contributed by atoms with van der Waals surface area (Å²) in [7, 11) is 0. The topological polar surface area (TPSA) is 127 Å². The van der Waals surface area contributed by atoms with Crippen LogP contribution in [0.5, 0.6) is 0 Å². The van der Waals surface area contributed by atoms with Crippen LogP contribution in [0.15, 0.2) is 23.3 Å². The summed E-state index contributed by atoms with van der Waals surface area (Å²) in [5, 5.41) is 17.2. The van der Waals surface area contributed by atoms with E-state index < -0.39 is 29.8 Å². The van der Waals surface area contributed by atoms with Crippen molar-refractivity contribution in [1.82, 2.24) is 0 Å². The van der Waals surface area contributed by atoms with E-state index in [4.69, 9.17) is 19.7 Å². The lowest BCUT2D eigenvalue weighted by Crippen LogP contribution is -2.29. The number of ether oxygens (including phenoxy) is 2. The van der Waals surface area contributed by atoms with Gasteiger partial charge in [0, 0.05) is 11.6 Å². The third kappa shape index (κ3) is 10.5. The van der Waals surface area contributed by atoms with Crippen LogP contribution in [-0.2, 0) is 28.7 Å². The van der Waals surface area contributed by atoms with Gasteiger partial charge in [-0.3, -0.25) is 9.59 Å². The highest BCUT2D eigenvalue weighted by Crippen LogP contribution is 2.18. The van der Waals surface area contributed by atoms with Crippen molar-refractivity contribution < 1.29 is 38.9 Å². The monoisotopic (exact) mass is 400 g/mol. The lowest BCUT2D eigenvalue weighted by Gasteiger charge is -2.14. The first-order valence-corrected chi connectivity index (χ1v) is 9.24. The molecule has 0 radical (unpaired) electrons. The molecule has 8 nitrogen and oxygen atoms in total. The van der Waals surface area contributed by atoms with Crippen LogP contribution >= 0.6 is 0 Å². The lowest BCUT2D eigenvalue weighted by molar-refractivity contribution is -0.159. The van der Waals surface area contributed by atoms with E-state index in [0.717, 1.165) is 6.08 Å². The SMILES string of the molecule is C/C=C(/C)C(C(=O)OCC)C(=O)OCC.CCC(CC)/C(=C/C(=O)O)C(=O)O. The van der Waals surface area contributed by atoms with Crippen molar-refractivity contribution in [2.75, 3.05) is 13.2 Å². The summed E-state index contributed by atoms with van der Waals surface area (Å²) in [6.45, 7) is 11.1. The molecule has 8 heteroatoms. The molecule has 0 aliphatic rings. The van der Waals surface area contributed by atoms with Crippen molar-refractivity contribution in [3.8, 4) is 0 Å². The van der Waals surface area contributed by atoms with Crippen LogP contribution in [0.3, 0.4) is 0 Å². The smallest absolute Gasteiger partial charge is 0.332 e. The number of esters is 2. The largest absolute Gasteiger partial charge is 0.478 e. The summed E-state index contributed by atoms with van der Waals surface area (Å²) >= 11 is 0. The fourth-order valence-corrected chi connectivity index (χ4v) is 2.30. The molecular formula is C20H32O8. The van der Waals surface area contributed by atoms with Crippen molar-refractivity contribution in [2.24, 2.45) is 11.8 Å². The first-order valence-electron chi connectivity index (χ1n) is 9.24. The van der Waals surface area contributed by atoms with Gasteiger partial charge in [-0.15, -0.1) is 0 Å². The lowest BCUT2D eigenvalue weighted by atomic mass is 9.93. The number of hydrogen-bond donors (Lipinski definition) is 2. The molecule has 0 atom stereocenters. The Hall–Kier alpha value is -2.64. The third-order valence-electron chi connectivity index (χ3n) is 3.91. The van der Waals surface area contributed by atoms with Gasteiger partial charge in [-0.05, 0) is 46.5 Å². The average molecular weight is 400 g/mol. The molecule has 28 heavy (non-hydrogen) atoms. The first-order chi connectivity index (χ1) is 13.1. The van der Waals surface area contributed by atoms with E-state index in [-0.39, 0.29) is 24.7 Å². The number of carboxylic acid groups (broad SMARTS) is 2. The fraction of sp³-hybridized carbons (Fsp3) is 0.600. The van der Waals surface area contributed by atoms with Gasteiger partial charge >= 0.3 is 23.9 Å². The molecule has 0 aromatic rings. The van der Waals surface area contributed by atoms with E-state index in [1.165, 1.54) is 0 Å². The van der Waals surface area contributed by atoms with Gasteiger partial charge in [0.15, 0.2) is 5.92 Å². The van der Waals surface area contributed by atoms with Crippen molar-refractivity contribution in [3.05, 3.63) is 23.3 Å². The Balaban J connectivity index is 0. The predicted molar refractivity (Wildman–Crippen MR) is 104 cm³/mol. The zero-order valence-corrected chi connectivity index (χ0v) is 17.5. The van der Waals surface area contributed by atoms with Crippen molar-refractivity contribution in [2.45, 2.75) is 54.4 Å². The molecule has 0 heterocycles. The van der Waals surface area contributed by atoms with Gasteiger partial charge in [0.2, 0.25) is 0 Å². The number of allylic oxidation sites excluding steroid dienone is 1. The Kier molecular flexibility index (Phi) is 15.2. The molecule has 0 fully saturated rings. The second-order valence-electron chi connectivity index (χ2n) is 5.73. The summed E-state index contributed by atoms with van der Waals surface area (Å²) in [5.74, 6) is -4.54. The van der Waals surface area contributed by atoms with Crippen LogP contribution in [0.1, 0.15) is 54.4 Å². The molecule has 0 saturated heterocycles. The van der Waals surface area contributed by atoms with E-state index in [1.54, 1.807) is 33.8 Å². The molecule has 160 valence electrons. The van der Waals surface area contributed by atoms with Crippen molar-refractivity contribution in [1.29, 1.82) is 0 Å². The second-order valence-corrected chi connectivity index (χ2v) is 5.73. The minimum atomic E-state index is -1.20. The van der Waals surface area contributed by atoms with Gasteiger partial charge in [0.05, 0.1) is 13.2 Å². The molecule has 0 aromatic carbocycles. The minimum Gasteiger partial charge on any atom is -0.478 e. The Morgan fingerprint density at radius 1 is 0.893 bits per heavy atom. The number of carboxylic acids is 2. The molecule has 2 N–H and O–H groups in total. The summed E-state index contributed by atoms with van der Waals surface area (Å²) in [6.07, 6.45) is 3.77. The van der Waals surface area contributed by atoms with Crippen LogP contribution in [0.2, 0.25) is 0 Å². The molecule has 0 unspecified atom stereocenters.